The van der Waals surface area contributed by atoms with Gasteiger partial charge in [-0.25, -0.2) is 0 Å². The first-order valence-corrected chi connectivity index (χ1v) is 9.28. The number of fused-ring (bicyclic) bond motifs is 1. The summed E-state index contributed by atoms with van der Waals surface area (Å²) in [5.74, 6) is 0. The van der Waals surface area contributed by atoms with Crippen LogP contribution in [0.15, 0.2) is 54.7 Å². The average Bonchev–Trinajstić information content (AvgIpc) is 3.12. The fourth-order valence-electron chi connectivity index (χ4n) is 3.86. The van der Waals surface area contributed by atoms with Crippen LogP contribution in [0.3, 0.4) is 0 Å². The molecule has 1 saturated carbocycles. The second-order valence-corrected chi connectivity index (χ2v) is 7.16. The van der Waals surface area contributed by atoms with E-state index >= 15 is 0 Å². The van der Waals surface area contributed by atoms with Crippen molar-refractivity contribution in [3.05, 3.63) is 60.3 Å². The van der Waals surface area contributed by atoms with E-state index in [0.717, 1.165) is 10.9 Å². The summed E-state index contributed by atoms with van der Waals surface area (Å²) in [6.07, 6.45) is 6.75. The van der Waals surface area contributed by atoms with Gasteiger partial charge in [0.1, 0.15) is 0 Å². The third-order valence-corrected chi connectivity index (χ3v) is 5.32. The van der Waals surface area contributed by atoms with Crippen LogP contribution in [0.4, 0.5) is 5.69 Å². The lowest BCUT2D eigenvalue weighted by Gasteiger charge is -2.32. The second kappa shape index (κ2) is 7.28. The van der Waals surface area contributed by atoms with Crippen LogP contribution in [0.5, 0.6) is 0 Å². The minimum Gasteiger partial charge on any atom is -0.382 e. The number of anilines is 1. The summed E-state index contributed by atoms with van der Waals surface area (Å²) in [7, 11) is 0. The third-order valence-electron chi connectivity index (χ3n) is 5.32. The summed E-state index contributed by atoms with van der Waals surface area (Å²) in [5.41, 5.74) is 3.66. The first kappa shape index (κ1) is 16.2. The predicted molar refractivity (Wildman–Crippen MR) is 104 cm³/mol. The second-order valence-electron chi connectivity index (χ2n) is 7.16. The molecule has 1 heterocycles. The van der Waals surface area contributed by atoms with Crippen molar-refractivity contribution < 1.29 is 0 Å². The van der Waals surface area contributed by atoms with Crippen molar-refractivity contribution in [1.29, 1.82) is 0 Å². The molecule has 1 aliphatic rings. The van der Waals surface area contributed by atoms with E-state index in [1.54, 1.807) is 0 Å². The maximum absolute atomic E-state index is 4.09. The minimum atomic E-state index is 0.416. The van der Waals surface area contributed by atoms with Gasteiger partial charge in [0.15, 0.2) is 0 Å². The number of aromatic nitrogens is 2. The number of hydrogen-bond donors (Lipinski definition) is 3. The lowest BCUT2D eigenvalue weighted by Crippen LogP contribution is -2.38. The molecule has 0 aliphatic heterocycles. The van der Waals surface area contributed by atoms with Crippen LogP contribution in [0, 0.1) is 0 Å². The molecular formula is C21H26N4. The van der Waals surface area contributed by atoms with Gasteiger partial charge in [0.05, 0.1) is 11.7 Å². The van der Waals surface area contributed by atoms with Crippen LogP contribution < -0.4 is 10.6 Å². The summed E-state index contributed by atoms with van der Waals surface area (Å²) in [6, 6.07) is 18.7. The van der Waals surface area contributed by atoms with Crippen molar-refractivity contribution in [3.63, 3.8) is 0 Å². The molecule has 1 fully saturated rings. The summed E-state index contributed by atoms with van der Waals surface area (Å²) >= 11 is 0. The molecule has 4 heteroatoms. The number of rotatable bonds is 5. The highest BCUT2D eigenvalue weighted by Gasteiger charge is 2.22. The zero-order valence-electron chi connectivity index (χ0n) is 14.7. The summed E-state index contributed by atoms with van der Waals surface area (Å²) in [6.45, 7) is 2.26. The maximum atomic E-state index is 4.09. The zero-order valence-corrected chi connectivity index (χ0v) is 14.7. The van der Waals surface area contributed by atoms with Gasteiger partial charge in [-0.15, -0.1) is 0 Å². The molecule has 0 spiro atoms. The van der Waals surface area contributed by atoms with Crippen LogP contribution in [0.25, 0.3) is 10.9 Å². The Labute approximate surface area is 149 Å². The van der Waals surface area contributed by atoms with Gasteiger partial charge < -0.3 is 10.6 Å². The number of aromatic amines is 1. The molecule has 0 saturated heterocycles. The predicted octanol–water partition coefficient (Wildman–Crippen LogP) is 4.64. The molecule has 1 aromatic heterocycles. The molecule has 1 unspecified atom stereocenters. The molecule has 25 heavy (non-hydrogen) atoms. The average molecular weight is 334 g/mol. The Balaban J connectivity index is 1.29. The van der Waals surface area contributed by atoms with Crippen molar-refractivity contribution in [2.75, 3.05) is 5.32 Å². The van der Waals surface area contributed by atoms with Gasteiger partial charge in [-0.1, -0.05) is 30.3 Å². The van der Waals surface area contributed by atoms with E-state index in [2.05, 4.69) is 76.3 Å². The molecular weight excluding hydrogens is 308 g/mol. The lowest BCUT2D eigenvalue weighted by molar-refractivity contribution is 0.331. The molecule has 2 aromatic carbocycles. The summed E-state index contributed by atoms with van der Waals surface area (Å²) < 4.78 is 0. The Kier molecular flexibility index (Phi) is 4.70. The monoisotopic (exact) mass is 334 g/mol. The fourth-order valence-corrected chi connectivity index (χ4v) is 3.86. The van der Waals surface area contributed by atoms with Gasteiger partial charge in [0.2, 0.25) is 0 Å². The smallest absolute Gasteiger partial charge is 0.0651 e. The van der Waals surface area contributed by atoms with Gasteiger partial charge in [-0.2, -0.15) is 5.10 Å². The molecule has 1 atom stereocenters. The first-order chi connectivity index (χ1) is 12.3. The highest BCUT2D eigenvalue weighted by Crippen LogP contribution is 2.25. The van der Waals surface area contributed by atoms with Gasteiger partial charge >= 0.3 is 0 Å². The van der Waals surface area contributed by atoms with Gasteiger partial charge in [-0.05, 0) is 56.4 Å². The van der Waals surface area contributed by atoms with Crippen molar-refractivity contribution in [1.82, 2.24) is 15.5 Å². The third kappa shape index (κ3) is 3.85. The standard InChI is InChI=1S/C21H26N4/c1-15(16-5-3-2-4-6-16)23-18-7-9-19(10-8-18)24-20-11-12-21-17(13-20)14-22-25-21/h2-6,11-15,18-19,23-24H,7-10H2,1H3,(H,22,25). The molecule has 0 amide bonds. The molecule has 0 bridgehead atoms. The van der Waals surface area contributed by atoms with Gasteiger partial charge in [0, 0.05) is 29.2 Å². The summed E-state index contributed by atoms with van der Waals surface area (Å²) in [4.78, 5) is 0. The maximum Gasteiger partial charge on any atom is 0.0651 e. The number of nitrogens with one attached hydrogen (secondary N) is 3. The van der Waals surface area contributed by atoms with Crippen LogP contribution in [-0.4, -0.2) is 22.3 Å². The topological polar surface area (TPSA) is 52.7 Å². The van der Waals surface area contributed by atoms with E-state index in [4.69, 9.17) is 0 Å². The van der Waals surface area contributed by atoms with Crippen molar-refractivity contribution in [2.45, 2.75) is 50.7 Å². The van der Waals surface area contributed by atoms with E-state index in [1.807, 2.05) is 6.20 Å². The Bertz CT molecular complexity index is 803. The fraction of sp³-hybridized carbons (Fsp3) is 0.381. The van der Waals surface area contributed by atoms with Crippen LogP contribution in [-0.2, 0) is 0 Å². The Morgan fingerprint density at radius 1 is 1.00 bits per heavy atom. The molecule has 0 radical (unpaired) electrons. The molecule has 3 aromatic rings. The first-order valence-electron chi connectivity index (χ1n) is 9.28. The van der Waals surface area contributed by atoms with Crippen LogP contribution in [0.2, 0.25) is 0 Å². The lowest BCUT2D eigenvalue weighted by atomic mass is 9.90. The molecule has 130 valence electrons. The van der Waals surface area contributed by atoms with E-state index in [1.165, 1.54) is 36.9 Å². The molecule has 4 rings (SSSR count). The number of hydrogen-bond acceptors (Lipinski definition) is 3. The number of nitrogens with zero attached hydrogens (tertiary/aromatic N) is 1. The van der Waals surface area contributed by atoms with Gasteiger partial charge in [-0.3, -0.25) is 5.10 Å². The summed E-state index contributed by atoms with van der Waals surface area (Å²) in [5, 5.41) is 15.8. The minimum absolute atomic E-state index is 0.416. The zero-order chi connectivity index (χ0) is 17.1. The molecule has 3 N–H and O–H groups in total. The highest BCUT2D eigenvalue weighted by molar-refractivity contribution is 5.81. The van der Waals surface area contributed by atoms with E-state index in [-0.39, 0.29) is 0 Å². The number of benzene rings is 2. The Morgan fingerprint density at radius 3 is 2.56 bits per heavy atom. The quantitative estimate of drug-likeness (QED) is 0.637. The van der Waals surface area contributed by atoms with Gasteiger partial charge in [0.25, 0.3) is 0 Å². The van der Waals surface area contributed by atoms with Crippen LogP contribution in [0.1, 0.15) is 44.2 Å². The van der Waals surface area contributed by atoms with Crippen molar-refractivity contribution in [2.24, 2.45) is 0 Å². The molecule has 1 aliphatic carbocycles. The van der Waals surface area contributed by atoms with Crippen molar-refractivity contribution >= 4 is 16.6 Å². The van der Waals surface area contributed by atoms with Crippen LogP contribution >= 0.6 is 0 Å². The molecule has 4 nitrogen and oxygen atoms in total. The normalized spacial score (nSPS) is 22.0. The van der Waals surface area contributed by atoms with E-state index in [9.17, 15) is 0 Å². The highest BCUT2D eigenvalue weighted by atomic mass is 15.1. The van der Waals surface area contributed by atoms with Crippen molar-refractivity contribution in [3.8, 4) is 0 Å². The van der Waals surface area contributed by atoms with E-state index in [0.29, 0.717) is 18.1 Å². The number of H-pyrrole nitrogens is 1. The van der Waals surface area contributed by atoms with E-state index < -0.39 is 0 Å². The Hall–Kier alpha value is -2.33. The Morgan fingerprint density at radius 2 is 1.76 bits per heavy atom. The SMILES string of the molecule is CC(NC1CCC(Nc2ccc3[nH]ncc3c2)CC1)c1ccccc1. The largest absolute Gasteiger partial charge is 0.382 e.